The summed E-state index contributed by atoms with van der Waals surface area (Å²) in [5.41, 5.74) is -0.506. The third kappa shape index (κ3) is 3.81. The molecule has 1 N–H and O–H groups in total. The summed E-state index contributed by atoms with van der Waals surface area (Å²) >= 11 is 1.65. The van der Waals surface area contributed by atoms with Crippen LogP contribution in [0, 0.1) is 11.3 Å². The Bertz CT molecular complexity index is 501. The Labute approximate surface area is 124 Å². The molecule has 2 rings (SSSR count). The summed E-state index contributed by atoms with van der Waals surface area (Å²) < 4.78 is 11.1. The third-order valence-electron chi connectivity index (χ3n) is 3.05. The van der Waals surface area contributed by atoms with E-state index >= 15 is 0 Å². The number of rotatable bonds is 6. The van der Waals surface area contributed by atoms with Crippen LogP contribution in [0.1, 0.15) is 20.3 Å². The molecule has 0 saturated carbocycles. The van der Waals surface area contributed by atoms with Crippen LogP contribution in [0.5, 0.6) is 11.5 Å². The van der Waals surface area contributed by atoms with Crippen LogP contribution in [0.4, 0.5) is 0 Å². The molecular formula is C15H20N2O2S. The number of hydrogen-bond acceptors (Lipinski definition) is 5. The molecule has 1 aliphatic rings. The Morgan fingerprint density at radius 1 is 1.35 bits per heavy atom. The lowest BCUT2D eigenvalue weighted by Gasteiger charge is -2.23. The van der Waals surface area contributed by atoms with Crippen molar-refractivity contribution in [3.63, 3.8) is 0 Å². The summed E-state index contributed by atoms with van der Waals surface area (Å²) in [6.07, 6.45) is 1.02. The van der Waals surface area contributed by atoms with Crippen LogP contribution < -0.4 is 14.8 Å². The first-order valence-corrected chi connectivity index (χ1v) is 7.84. The van der Waals surface area contributed by atoms with Crippen molar-refractivity contribution < 1.29 is 9.47 Å². The van der Waals surface area contributed by atoms with Crippen molar-refractivity contribution in [2.75, 3.05) is 25.5 Å². The zero-order chi connectivity index (χ0) is 14.4. The molecule has 1 aliphatic heterocycles. The quantitative estimate of drug-likeness (QED) is 0.817. The predicted octanol–water partition coefficient (Wildman–Crippen LogP) is 2.83. The second kappa shape index (κ2) is 6.87. The Kier molecular flexibility index (Phi) is 5.16. The first-order valence-electron chi connectivity index (χ1n) is 6.85. The van der Waals surface area contributed by atoms with Crippen LogP contribution in [0.3, 0.4) is 0 Å². The monoisotopic (exact) mass is 292 g/mol. The maximum atomic E-state index is 9.31. The van der Waals surface area contributed by atoms with Crippen molar-refractivity contribution >= 4 is 11.8 Å². The van der Waals surface area contributed by atoms with E-state index in [9.17, 15) is 5.26 Å². The lowest BCUT2D eigenvalue weighted by Crippen LogP contribution is -2.43. The number of fused-ring (bicyclic) bond motifs is 1. The molecule has 20 heavy (non-hydrogen) atoms. The average Bonchev–Trinajstić information content (AvgIpc) is 2.51. The zero-order valence-electron chi connectivity index (χ0n) is 11.9. The smallest absolute Gasteiger partial charge is 0.162 e. The SMILES string of the molecule is CCCNC(C)(C#N)CSc1ccc2c(c1)OCCO2. The van der Waals surface area contributed by atoms with E-state index in [0.29, 0.717) is 19.0 Å². The fraction of sp³-hybridized carbons (Fsp3) is 0.533. The van der Waals surface area contributed by atoms with Crippen LogP contribution in [0.25, 0.3) is 0 Å². The molecule has 0 spiro atoms. The maximum absolute atomic E-state index is 9.31. The van der Waals surface area contributed by atoms with Crippen molar-refractivity contribution in [3.8, 4) is 17.6 Å². The van der Waals surface area contributed by atoms with E-state index in [4.69, 9.17) is 9.47 Å². The van der Waals surface area contributed by atoms with Crippen molar-refractivity contribution in [2.24, 2.45) is 0 Å². The fourth-order valence-corrected chi connectivity index (χ4v) is 2.84. The second-order valence-corrected chi connectivity index (χ2v) is 6.01. The molecule has 108 valence electrons. The van der Waals surface area contributed by atoms with Gasteiger partial charge in [-0.2, -0.15) is 5.26 Å². The van der Waals surface area contributed by atoms with E-state index in [-0.39, 0.29) is 0 Å². The molecular weight excluding hydrogens is 272 g/mol. The van der Waals surface area contributed by atoms with E-state index < -0.39 is 5.54 Å². The summed E-state index contributed by atoms with van der Waals surface area (Å²) in [5.74, 6) is 2.29. The summed E-state index contributed by atoms with van der Waals surface area (Å²) in [7, 11) is 0. The van der Waals surface area contributed by atoms with Gasteiger partial charge in [-0.15, -0.1) is 11.8 Å². The molecule has 1 aromatic rings. The number of benzene rings is 1. The van der Waals surface area contributed by atoms with Gasteiger partial charge in [-0.05, 0) is 38.1 Å². The molecule has 0 aliphatic carbocycles. The normalized spacial score (nSPS) is 16.2. The van der Waals surface area contributed by atoms with Gasteiger partial charge in [0.1, 0.15) is 18.8 Å². The summed E-state index contributed by atoms with van der Waals surface area (Å²) in [4.78, 5) is 1.09. The van der Waals surface area contributed by atoms with Gasteiger partial charge in [-0.1, -0.05) is 6.92 Å². The van der Waals surface area contributed by atoms with Crippen LogP contribution in [-0.2, 0) is 0 Å². The molecule has 0 saturated heterocycles. The van der Waals surface area contributed by atoms with Crippen LogP contribution >= 0.6 is 11.8 Å². The highest BCUT2D eigenvalue weighted by Gasteiger charge is 2.23. The number of nitriles is 1. The lowest BCUT2D eigenvalue weighted by atomic mass is 10.1. The molecule has 0 radical (unpaired) electrons. The highest BCUT2D eigenvalue weighted by molar-refractivity contribution is 7.99. The number of thioether (sulfide) groups is 1. The number of nitrogens with one attached hydrogen (secondary N) is 1. The molecule has 1 aromatic carbocycles. The van der Waals surface area contributed by atoms with Gasteiger partial charge in [0.05, 0.1) is 6.07 Å². The molecule has 4 nitrogen and oxygen atoms in total. The first-order chi connectivity index (χ1) is 9.67. The minimum Gasteiger partial charge on any atom is -0.486 e. The molecule has 5 heteroatoms. The molecule has 0 amide bonds. The van der Waals surface area contributed by atoms with Crippen LogP contribution in [0.2, 0.25) is 0 Å². The van der Waals surface area contributed by atoms with Gasteiger partial charge in [0.15, 0.2) is 11.5 Å². The summed E-state index contributed by atoms with van der Waals surface area (Å²) in [6.45, 7) is 6.08. The largest absolute Gasteiger partial charge is 0.486 e. The van der Waals surface area contributed by atoms with Gasteiger partial charge in [-0.3, -0.25) is 5.32 Å². The predicted molar refractivity (Wildman–Crippen MR) is 80.5 cm³/mol. The zero-order valence-corrected chi connectivity index (χ0v) is 12.8. The van der Waals surface area contributed by atoms with E-state index in [2.05, 4.69) is 18.3 Å². The van der Waals surface area contributed by atoms with E-state index in [1.165, 1.54) is 0 Å². The minimum atomic E-state index is -0.506. The van der Waals surface area contributed by atoms with E-state index in [0.717, 1.165) is 29.4 Å². The number of ether oxygens (including phenoxy) is 2. The van der Waals surface area contributed by atoms with Gasteiger partial charge in [0.2, 0.25) is 0 Å². The molecule has 0 fully saturated rings. The Hall–Kier alpha value is -1.38. The number of nitrogens with zero attached hydrogens (tertiary/aromatic N) is 1. The molecule has 1 heterocycles. The van der Waals surface area contributed by atoms with E-state index in [1.807, 2.05) is 25.1 Å². The van der Waals surface area contributed by atoms with Crippen LogP contribution in [0.15, 0.2) is 23.1 Å². The molecule has 0 aromatic heterocycles. The van der Waals surface area contributed by atoms with Crippen molar-refractivity contribution in [2.45, 2.75) is 30.7 Å². The van der Waals surface area contributed by atoms with Gasteiger partial charge in [0, 0.05) is 10.6 Å². The fourth-order valence-electron chi connectivity index (χ4n) is 1.86. The number of hydrogen-bond donors (Lipinski definition) is 1. The summed E-state index contributed by atoms with van der Waals surface area (Å²) in [5, 5.41) is 12.6. The topological polar surface area (TPSA) is 54.3 Å². The van der Waals surface area contributed by atoms with Gasteiger partial charge in [0.25, 0.3) is 0 Å². The lowest BCUT2D eigenvalue weighted by molar-refractivity contribution is 0.171. The van der Waals surface area contributed by atoms with Crippen molar-refractivity contribution in [1.29, 1.82) is 5.26 Å². The highest BCUT2D eigenvalue weighted by atomic mass is 32.2. The van der Waals surface area contributed by atoms with Gasteiger partial charge < -0.3 is 9.47 Å². The molecule has 0 bridgehead atoms. The van der Waals surface area contributed by atoms with Gasteiger partial charge >= 0.3 is 0 Å². The average molecular weight is 292 g/mol. The second-order valence-electron chi connectivity index (χ2n) is 4.96. The Morgan fingerprint density at radius 3 is 2.80 bits per heavy atom. The molecule has 1 unspecified atom stereocenters. The first kappa shape index (κ1) is 15.0. The Morgan fingerprint density at radius 2 is 2.10 bits per heavy atom. The standard InChI is InChI=1S/C15H20N2O2S/c1-3-6-17-15(2,10-16)11-20-12-4-5-13-14(9-12)19-8-7-18-13/h4-5,9,17H,3,6-8,11H2,1-2H3. The summed E-state index contributed by atoms with van der Waals surface area (Å²) in [6, 6.07) is 8.28. The third-order valence-corrected chi connectivity index (χ3v) is 4.36. The van der Waals surface area contributed by atoms with E-state index in [1.54, 1.807) is 11.8 Å². The molecule has 1 atom stereocenters. The van der Waals surface area contributed by atoms with Crippen LogP contribution in [-0.4, -0.2) is 31.1 Å². The minimum absolute atomic E-state index is 0.506. The van der Waals surface area contributed by atoms with Gasteiger partial charge in [-0.25, -0.2) is 0 Å². The van der Waals surface area contributed by atoms with Crippen molar-refractivity contribution in [3.05, 3.63) is 18.2 Å². The highest BCUT2D eigenvalue weighted by Crippen LogP contribution is 2.34. The maximum Gasteiger partial charge on any atom is 0.162 e. The Balaban J connectivity index is 1.98. The van der Waals surface area contributed by atoms with Crippen molar-refractivity contribution in [1.82, 2.24) is 5.32 Å².